The molecule has 0 aliphatic heterocycles. The van der Waals surface area contributed by atoms with E-state index in [1.54, 1.807) is 29.1 Å². The van der Waals surface area contributed by atoms with Gasteiger partial charge in [0.15, 0.2) is 0 Å². The normalized spacial score (nSPS) is 14.4. The molecule has 0 spiro atoms. The van der Waals surface area contributed by atoms with Gasteiger partial charge in [-0.2, -0.15) is 5.10 Å². The Labute approximate surface area is 127 Å². The van der Waals surface area contributed by atoms with E-state index in [1.807, 2.05) is 30.9 Å². The molecule has 0 radical (unpaired) electrons. The topological polar surface area (TPSA) is 63.0 Å². The quantitative estimate of drug-likeness (QED) is 0.757. The first-order valence-corrected chi connectivity index (χ1v) is 7.67. The van der Waals surface area contributed by atoms with Gasteiger partial charge in [0.25, 0.3) is 0 Å². The number of hydrogen-bond donors (Lipinski definition) is 2. The highest BCUT2D eigenvalue weighted by Crippen LogP contribution is 2.20. The molecular weight excluding hydrogens is 284 g/mol. The van der Waals surface area contributed by atoms with E-state index in [0.717, 1.165) is 16.6 Å². The third kappa shape index (κ3) is 3.12. The van der Waals surface area contributed by atoms with Crippen LogP contribution in [0.3, 0.4) is 0 Å². The monoisotopic (exact) mass is 302 g/mol. The summed E-state index contributed by atoms with van der Waals surface area (Å²) in [5.74, 6) is 0. The van der Waals surface area contributed by atoms with Crippen molar-refractivity contribution < 1.29 is 5.11 Å². The van der Waals surface area contributed by atoms with Crippen molar-refractivity contribution in [2.75, 3.05) is 6.54 Å². The second kappa shape index (κ2) is 5.55. The van der Waals surface area contributed by atoms with E-state index in [1.165, 1.54) is 4.70 Å². The fourth-order valence-corrected chi connectivity index (χ4v) is 3.04. The summed E-state index contributed by atoms with van der Waals surface area (Å²) in [5.41, 5.74) is 2.02. The lowest BCUT2D eigenvalue weighted by atomic mass is 10.00. The van der Waals surface area contributed by atoms with Gasteiger partial charge in [0.1, 0.15) is 5.60 Å². The predicted octanol–water partition coefficient (Wildman–Crippen LogP) is 2.03. The Hall–Kier alpha value is -1.76. The third-order valence-corrected chi connectivity index (χ3v) is 4.34. The minimum Gasteiger partial charge on any atom is -0.384 e. The number of nitrogens with one attached hydrogen (secondary N) is 1. The number of thiophene rings is 1. The molecule has 6 heteroatoms. The Kier molecular flexibility index (Phi) is 3.75. The van der Waals surface area contributed by atoms with Gasteiger partial charge < -0.3 is 10.4 Å². The van der Waals surface area contributed by atoms with Crippen LogP contribution in [0.5, 0.6) is 0 Å². The molecule has 2 N–H and O–H groups in total. The molecule has 21 heavy (non-hydrogen) atoms. The molecule has 3 aromatic heterocycles. The molecule has 1 atom stereocenters. The summed E-state index contributed by atoms with van der Waals surface area (Å²) in [5, 5.41) is 19.9. The first-order chi connectivity index (χ1) is 10.0. The van der Waals surface area contributed by atoms with Crippen LogP contribution in [0.4, 0.5) is 0 Å². The average molecular weight is 302 g/mol. The first kappa shape index (κ1) is 14.2. The molecule has 3 rings (SSSR count). The molecule has 3 heterocycles. The zero-order valence-electron chi connectivity index (χ0n) is 12.1. The highest BCUT2D eigenvalue weighted by atomic mass is 32.1. The van der Waals surface area contributed by atoms with Gasteiger partial charge in [-0.15, -0.1) is 11.3 Å². The van der Waals surface area contributed by atoms with Gasteiger partial charge >= 0.3 is 0 Å². The maximum Gasteiger partial charge on any atom is 0.102 e. The average Bonchev–Trinajstić information content (AvgIpc) is 3.06. The van der Waals surface area contributed by atoms with E-state index in [0.29, 0.717) is 13.1 Å². The summed E-state index contributed by atoms with van der Waals surface area (Å²) in [6, 6.07) is 4.16. The molecule has 0 aliphatic rings. The standard InChI is InChI=1S/C15H18N4OS/c1-15(20,12-8-18-19(2)9-12)10-16-6-11-5-14-13(17-7-11)3-4-21-14/h3-5,7-9,16,20H,6,10H2,1-2H3. The number of pyridine rings is 1. The number of aromatic nitrogens is 3. The van der Waals surface area contributed by atoms with Gasteiger partial charge in [-0.05, 0) is 30.0 Å². The minimum absolute atomic E-state index is 0.459. The molecule has 0 bridgehead atoms. The summed E-state index contributed by atoms with van der Waals surface area (Å²) in [6.07, 6.45) is 5.41. The lowest BCUT2D eigenvalue weighted by Crippen LogP contribution is -2.34. The molecule has 1 unspecified atom stereocenters. The van der Waals surface area contributed by atoms with Crippen molar-refractivity contribution in [3.63, 3.8) is 0 Å². The molecule has 0 amide bonds. The number of fused-ring (bicyclic) bond motifs is 1. The van der Waals surface area contributed by atoms with Crippen molar-refractivity contribution >= 4 is 21.6 Å². The third-order valence-electron chi connectivity index (χ3n) is 3.48. The molecule has 0 aliphatic carbocycles. The highest BCUT2D eigenvalue weighted by Gasteiger charge is 2.24. The van der Waals surface area contributed by atoms with E-state index >= 15 is 0 Å². The largest absolute Gasteiger partial charge is 0.384 e. The predicted molar refractivity (Wildman–Crippen MR) is 84.1 cm³/mol. The van der Waals surface area contributed by atoms with E-state index in [2.05, 4.69) is 21.5 Å². The van der Waals surface area contributed by atoms with Crippen LogP contribution in [-0.4, -0.2) is 26.4 Å². The Balaban J connectivity index is 1.62. The Morgan fingerprint density at radius 3 is 3.05 bits per heavy atom. The zero-order valence-corrected chi connectivity index (χ0v) is 12.9. The van der Waals surface area contributed by atoms with Crippen LogP contribution in [0.15, 0.2) is 36.1 Å². The van der Waals surface area contributed by atoms with Gasteiger partial charge in [0.2, 0.25) is 0 Å². The first-order valence-electron chi connectivity index (χ1n) is 6.79. The summed E-state index contributed by atoms with van der Waals surface area (Å²) < 4.78 is 2.88. The van der Waals surface area contributed by atoms with Crippen LogP contribution < -0.4 is 5.32 Å². The molecule has 0 fully saturated rings. The van der Waals surface area contributed by atoms with E-state index < -0.39 is 5.60 Å². The summed E-state index contributed by atoms with van der Waals surface area (Å²) in [7, 11) is 1.84. The summed E-state index contributed by atoms with van der Waals surface area (Å²) >= 11 is 1.69. The highest BCUT2D eigenvalue weighted by molar-refractivity contribution is 7.17. The fourth-order valence-electron chi connectivity index (χ4n) is 2.24. The molecule has 0 aromatic carbocycles. The van der Waals surface area contributed by atoms with Gasteiger partial charge in [-0.25, -0.2) is 0 Å². The van der Waals surface area contributed by atoms with E-state index in [4.69, 9.17) is 0 Å². The maximum atomic E-state index is 10.5. The van der Waals surface area contributed by atoms with Crippen molar-refractivity contribution in [1.29, 1.82) is 0 Å². The Bertz CT molecular complexity index is 747. The molecule has 0 saturated carbocycles. The van der Waals surface area contributed by atoms with Crippen LogP contribution in [0.1, 0.15) is 18.1 Å². The van der Waals surface area contributed by atoms with Crippen LogP contribution in [0.25, 0.3) is 10.2 Å². The second-order valence-electron chi connectivity index (χ2n) is 5.43. The Morgan fingerprint density at radius 1 is 1.43 bits per heavy atom. The zero-order chi connectivity index (χ0) is 14.9. The van der Waals surface area contributed by atoms with Crippen molar-refractivity contribution in [2.24, 2.45) is 7.05 Å². The van der Waals surface area contributed by atoms with Gasteiger partial charge in [-0.1, -0.05) is 0 Å². The van der Waals surface area contributed by atoms with Crippen molar-refractivity contribution in [2.45, 2.75) is 19.1 Å². The Morgan fingerprint density at radius 2 is 2.29 bits per heavy atom. The fraction of sp³-hybridized carbons (Fsp3) is 0.333. The van der Waals surface area contributed by atoms with Crippen LogP contribution in [-0.2, 0) is 19.2 Å². The summed E-state index contributed by atoms with van der Waals surface area (Å²) in [6.45, 7) is 2.93. The molecule has 5 nitrogen and oxygen atoms in total. The minimum atomic E-state index is -0.936. The number of aryl methyl sites for hydroxylation is 1. The smallest absolute Gasteiger partial charge is 0.102 e. The van der Waals surface area contributed by atoms with Crippen LogP contribution >= 0.6 is 11.3 Å². The number of nitrogens with zero attached hydrogens (tertiary/aromatic N) is 3. The van der Waals surface area contributed by atoms with Crippen molar-refractivity contribution in [1.82, 2.24) is 20.1 Å². The molecular formula is C15H18N4OS. The molecule has 110 valence electrons. The number of hydrogen-bond acceptors (Lipinski definition) is 5. The van der Waals surface area contributed by atoms with Gasteiger partial charge in [-0.3, -0.25) is 9.67 Å². The van der Waals surface area contributed by atoms with Crippen LogP contribution in [0.2, 0.25) is 0 Å². The number of aliphatic hydroxyl groups is 1. The van der Waals surface area contributed by atoms with E-state index in [-0.39, 0.29) is 0 Å². The molecule has 0 saturated heterocycles. The maximum absolute atomic E-state index is 10.5. The van der Waals surface area contributed by atoms with Gasteiger partial charge in [0, 0.05) is 38.1 Å². The van der Waals surface area contributed by atoms with Crippen LogP contribution in [0, 0.1) is 0 Å². The summed E-state index contributed by atoms with van der Waals surface area (Å²) in [4.78, 5) is 4.41. The van der Waals surface area contributed by atoms with Crippen molar-refractivity contribution in [3.8, 4) is 0 Å². The van der Waals surface area contributed by atoms with E-state index in [9.17, 15) is 5.11 Å². The van der Waals surface area contributed by atoms with Gasteiger partial charge in [0.05, 0.1) is 16.4 Å². The second-order valence-corrected chi connectivity index (χ2v) is 6.38. The number of rotatable bonds is 5. The molecule has 3 aromatic rings. The lowest BCUT2D eigenvalue weighted by molar-refractivity contribution is 0.0566. The lowest BCUT2D eigenvalue weighted by Gasteiger charge is -2.22. The van der Waals surface area contributed by atoms with Crippen molar-refractivity contribution in [3.05, 3.63) is 47.2 Å². The SMILES string of the molecule is Cn1cc(C(C)(O)CNCc2cnc3ccsc3c2)cn1.